The van der Waals surface area contributed by atoms with Crippen LogP contribution in [0.25, 0.3) is 11.0 Å². The number of fused-ring (bicyclic) bond motifs is 1. The van der Waals surface area contributed by atoms with E-state index in [4.69, 9.17) is 11.6 Å². The average molecular weight is 345 g/mol. The van der Waals surface area contributed by atoms with Crippen LogP contribution in [-0.4, -0.2) is 19.9 Å². The Hall–Kier alpha value is -2.80. The summed E-state index contributed by atoms with van der Waals surface area (Å²) in [5.41, 5.74) is 2.49. The summed E-state index contributed by atoms with van der Waals surface area (Å²) in [6.45, 7) is 5.85. The predicted octanol–water partition coefficient (Wildman–Crippen LogP) is 4.29. The van der Waals surface area contributed by atoms with E-state index < -0.39 is 5.82 Å². The Kier molecular flexibility index (Phi) is 4.52. The minimum absolute atomic E-state index is 0.0228. The summed E-state index contributed by atoms with van der Waals surface area (Å²) in [7, 11) is 0. The van der Waals surface area contributed by atoms with Crippen molar-refractivity contribution < 1.29 is 4.39 Å². The highest BCUT2D eigenvalue weighted by molar-refractivity contribution is 6.31. The number of benzene rings is 1. The molecule has 2 aromatic heterocycles. The second kappa shape index (κ2) is 6.76. The van der Waals surface area contributed by atoms with E-state index in [0.717, 1.165) is 12.1 Å². The summed E-state index contributed by atoms with van der Waals surface area (Å²) in [5.74, 6) is 0.390. The summed E-state index contributed by atoms with van der Waals surface area (Å²) >= 11 is 5.80. The van der Waals surface area contributed by atoms with Crippen LogP contribution >= 0.6 is 11.6 Å². The second-order valence-electron chi connectivity index (χ2n) is 4.99. The molecule has 1 aromatic carbocycles. The van der Waals surface area contributed by atoms with Crippen LogP contribution < -0.4 is 10.6 Å². The van der Waals surface area contributed by atoms with Crippen LogP contribution in [0.4, 0.5) is 21.8 Å². The van der Waals surface area contributed by atoms with Gasteiger partial charge in [0.1, 0.15) is 23.2 Å². The van der Waals surface area contributed by atoms with Crippen molar-refractivity contribution in [3.05, 3.63) is 53.8 Å². The van der Waals surface area contributed by atoms with Crippen molar-refractivity contribution in [2.24, 2.45) is 0 Å². The maximum absolute atomic E-state index is 13.3. The smallest absolute Gasteiger partial charge is 0.227 e. The van der Waals surface area contributed by atoms with E-state index in [-0.39, 0.29) is 5.02 Å². The number of anilines is 3. The molecule has 8 heteroatoms. The molecule has 0 unspecified atom stereocenters. The third kappa shape index (κ3) is 3.41. The predicted molar refractivity (Wildman–Crippen MR) is 92.9 cm³/mol. The first-order chi connectivity index (χ1) is 11.6. The molecule has 0 amide bonds. The van der Waals surface area contributed by atoms with E-state index >= 15 is 0 Å². The topological polar surface area (TPSA) is 75.6 Å². The summed E-state index contributed by atoms with van der Waals surface area (Å²) < 4.78 is 13.3. The van der Waals surface area contributed by atoms with Gasteiger partial charge in [-0.1, -0.05) is 25.1 Å². The standard InChI is InChI=1S/C16H14ClFN6/c1-3-9(2)22-16-19-7-13-14(24-16)15(21-8-20-13)23-10-4-5-12(18)11(17)6-10/h4-8H,2-3H2,1H3,(H,19,22,24)(H,20,21,23). The van der Waals surface area contributed by atoms with Crippen LogP contribution in [0.15, 0.2) is 43.0 Å². The fourth-order valence-electron chi connectivity index (χ4n) is 1.96. The van der Waals surface area contributed by atoms with Crippen LogP contribution in [0.1, 0.15) is 13.3 Å². The number of aromatic nitrogens is 4. The maximum atomic E-state index is 13.3. The average Bonchev–Trinajstić information content (AvgIpc) is 2.58. The molecule has 24 heavy (non-hydrogen) atoms. The van der Waals surface area contributed by atoms with Gasteiger partial charge in [-0.05, 0) is 24.6 Å². The molecular formula is C16H14ClFN6. The summed E-state index contributed by atoms with van der Waals surface area (Å²) in [5, 5.41) is 6.11. The Bertz CT molecular complexity index is 914. The normalized spacial score (nSPS) is 10.6. The Morgan fingerprint density at radius 3 is 2.88 bits per heavy atom. The first kappa shape index (κ1) is 16.1. The third-order valence-corrected chi connectivity index (χ3v) is 3.56. The van der Waals surface area contributed by atoms with Gasteiger partial charge >= 0.3 is 0 Å². The van der Waals surface area contributed by atoms with Crippen molar-refractivity contribution in [2.45, 2.75) is 13.3 Å². The van der Waals surface area contributed by atoms with E-state index in [9.17, 15) is 4.39 Å². The highest BCUT2D eigenvalue weighted by Gasteiger charge is 2.09. The summed E-state index contributed by atoms with van der Waals surface area (Å²) in [4.78, 5) is 17.0. The summed E-state index contributed by atoms with van der Waals surface area (Å²) in [6, 6.07) is 4.32. The molecule has 0 bridgehead atoms. The number of hydrogen-bond acceptors (Lipinski definition) is 6. The van der Waals surface area contributed by atoms with E-state index in [2.05, 4.69) is 37.1 Å². The third-order valence-electron chi connectivity index (χ3n) is 3.28. The van der Waals surface area contributed by atoms with E-state index in [1.165, 1.54) is 18.5 Å². The van der Waals surface area contributed by atoms with Crippen LogP contribution in [-0.2, 0) is 0 Å². The van der Waals surface area contributed by atoms with Gasteiger partial charge in [-0.15, -0.1) is 0 Å². The van der Waals surface area contributed by atoms with Gasteiger partial charge in [0.2, 0.25) is 5.95 Å². The van der Waals surface area contributed by atoms with E-state index in [1.54, 1.807) is 12.3 Å². The first-order valence-corrected chi connectivity index (χ1v) is 7.59. The Morgan fingerprint density at radius 2 is 2.12 bits per heavy atom. The lowest BCUT2D eigenvalue weighted by Gasteiger charge is -2.10. The molecule has 0 aliphatic rings. The van der Waals surface area contributed by atoms with Gasteiger partial charge in [-0.25, -0.2) is 24.3 Å². The first-order valence-electron chi connectivity index (χ1n) is 7.21. The van der Waals surface area contributed by atoms with Crippen LogP contribution in [0.2, 0.25) is 5.02 Å². The molecule has 0 fully saturated rings. The van der Waals surface area contributed by atoms with Gasteiger partial charge in [0.05, 0.1) is 11.2 Å². The monoisotopic (exact) mass is 344 g/mol. The zero-order valence-corrected chi connectivity index (χ0v) is 13.6. The quantitative estimate of drug-likeness (QED) is 0.719. The van der Waals surface area contributed by atoms with Crippen LogP contribution in [0.5, 0.6) is 0 Å². The Morgan fingerprint density at radius 1 is 1.29 bits per heavy atom. The number of nitrogens with one attached hydrogen (secondary N) is 2. The molecule has 0 spiro atoms. The van der Waals surface area contributed by atoms with Gasteiger partial charge in [0.15, 0.2) is 5.82 Å². The van der Waals surface area contributed by atoms with Crippen molar-refractivity contribution in [1.82, 2.24) is 19.9 Å². The van der Waals surface area contributed by atoms with Crippen LogP contribution in [0, 0.1) is 5.82 Å². The van der Waals surface area contributed by atoms with Gasteiger partial charge in [0.25, 0.3) is 0 Å². The van der Waals surface area contributed by atoms with Gasteiger partial charge in [-0.3, -0.25) is 0 Å². The SMILES string of the molecule is C=C(CC)Nc1ncc2ncnc(Nc3ccc(F)c(Cl)c3)c2n1. The lowest BCUT2D eigenvalue weighted by atomic mass is 10.3. The summed E-state index contributed by atoms with van der Waals surface area (Å²) in [6.07, 6.45) is 3.75. The molecule has 0 aliphatic carbocycles. The molecule has 0 atom stereocenters. The minimum Gasteiger partial charge on any atom is -0.338 e. The highest BCUT2D eigenvalue weighted by atomic mass is 35.5. The van der Waals surface area contributed by atoms with E-state index in [0.29, 0.717) is 28.5 Å². The molecule has 3 rings (SSSR count). The number of hydrogen-bond donors (Lipinski definition) is 2. The van der Waals surface area contributed by atoms with E-state index in [1.807, 2.05) is 6.92 Å². The molecule has 0 saturated heterocycles. The van der Waals surface area contributed by atoms with Gasteiger partial charge in [0, 0.05) is 11.4 Å². The van der Waals surface area contributed by atoms with Crippen molar-refractivity contribution in [3.63, 3.8) is 0 Å². The minimum atomic E-state index is -0.485. The lowest BCUT2D eigenvalue weighted by molar-refractivity contribution is 0.628. The molecule has 3 aromatic rings. The second-order valence-corrected chi connectivity index (χ2v) is 5.39. The number of allylic oxidation sites excluding steroid dienone is 1. The molecule has 0 saturated carbocycles. The number of halogens is 2. The Balaban J connectivity index is 1.98. The lowest BCUT2D eigenvalue weighted by Crippen LogP contribution is -2.04. The van der Waals surface area contributed by atoms with Crippen molar-refractivity contribution in [1.29, 1.82) is 0 Å². The number of nitrogens with zero attached hydrogens (tertiary/aromatic N) is 4. The fraction of sp³-hybridized carbons (Fsp3) is 0.125. The highest BCUT2D eigenvalue weighted by Crippen LogP contribution is 2.25. The molecule has 2 heterocycles. The number of rotatable bonds is 5. The molecule has 0 aliphatic heterocycles. The fourth-order valence-corrected chi connectivity index (χ4v) is 2.14. The molecular weight excluding hydrogens is 331 g/mol. The zero-order chi connectivity index (χ0) is 17.1. The molecule has 122 valence electrons. The van der Waals surface area contributed by atoms with Gasteiger partial charge in [-0.2, -0.15) is 0 Å². The van der Waals surface area contributed by atoms with Crippen molar-refractivity contribution in [2.75, 3.05) is 10.6 Å². The van der Waals surface area contributed by atoms with Crippen molar-refractivity contribution >= 4 is 40.1 Å². The van der Waals surface area contributed by atoms with Crippen molar-refractivity contribution in [3.8, 4) is 0 Å². The largest absolute Gasteiger partial charge is 0.338 e. The van der Waals surface area contributed by atoms with Gasteiger partial charge < -0.3 is 10.6 Å². The maximum Gasteiger partial charge on any atom is 0.227 e. The van der Waals surface area contributed by atoms with Crippen LogP contribution in [0.3, 0.4) is 0 Å². The molecule has 0 radical (unpaired) electrons. The zero-order valence-electron chi connectivity index (χ0n) is 12.8. The molecule has 2 N–H and O–H groups in total. The Labute approximate surface area is 142 Å². The molecule has 6 nitrogen and oxygen atoms in total.